The first-order chi connectivity index (χ1) is 9.58. The van der Waals surface area contributed by atoms with Gasteiger partial charge in [0.05, 0.1) is 6.20 Å². The molecule has 1 atom stereocenters. The van der Waals surface area contributed by atoms with Crippen LogP contribution >= 0.6 is 12.4 Å². The Morgan fingerprint density at radius 2 is 2.10 bits per heavy atom. The molecule has 21 heavy (non-hydrogen) atoms. The molecule has 0 aromatic carbocycles. The molecular weight excluding hydrogens is 312 g/mol. The van der Waals surface area contributed by atoms with E-state index in [2.05, 4.69) is 9.82 Å². The third kappa shape index (κ3) is 4.42. The van der Waals surface area contributed by atoms with Crippen LogP contribution in [0.5, 0.6) is 0 Å². The number of aryl methyl sites for hydroxylation is 1. The minimum atomic E-state index is -3.55. The SMILES string of the molecule is CCn1nccc1S(=O)(=O)NC(CN)C1CCCCC1.Cl. The summed E-state index contributed by atoms with van der Waals surface area (Å²) < 4.78 is 29.2. The number of hydrogen-bond donors (Lipinski definition) is 2. The van der Waals surface area contributed by atoms with Gasteiger partial charge in [0.1, 0.15) is 0 Å². The van der Waals surface area contributed by atoms with Gasteiger partial charge in [0, 0.05) is 19.1 Å². The van der Waals surface area contributed by atoms with Crippen LogP contribution in [0.2, 0.25) is 0 Å². The van der Waals surface area contributed by atoms with Crippen LogP contribution in [0.4, 0.5) is 0 Å². The molecule has 0 amide bonds. The molecule has 0 radical (unpaired) electrons. The van der Waals surface area contributed by atoms with E-state index in [1.54, 1.807) is 0 Å². The zero-order valence-electron chi connectivity index (χ0n) is 12.4. The second-order valence-corrected chi connectivity index (χ2v) is 7.01. The molecule has 2 rings (SSSR count). The highest BCUT2D eigenvalue weighted by Gasteiger charge is 2.28. The van der Waals surface area contributed by atoms with E-state index in [0.717, 1.165) is 25.7 Å². The Labute approximate surface area is 132 Å². The Kier molecular flexibility index (Phi) is 7.12. The number of nitrogens with zero attached hydrogens (tertiary/aromatic N) is 2. The second-order valence-electron chi connectivity index (χ2n) is 5.35. The normalized spacial score (nSPS) is 18.2. The van der Waals surface area contributed by atoms with Gasteiger partial charge in [-0.15, -0.1) is 12.4 Å². The first-order valence-corrected chi connectivity index (χ1v) is 8.81. The molecule has 1 saturated carbocycles. The molecule has 1 fully saturated rings. The Morgan fingerprint density at radius 1 is 1.43 bits per heavy atom. The number of rotatable bonds is 6. The van der Waals surface area contributed by atoms with Crippen LogP contribution in [-0.2, 0) is 16.6 Å². The summed E-state index contributed by atoms with van der Waals surface area (Å²) >= 11 is 0. The molecule has 1 aliphatic rings. The summed E-state index contributed by atoms with van der Waals surface area (Å²) in [5.41, 5.74) is 5.79. The van der Waals surface area contributed by atoms with E-state index >= 15 is 0 Å². The molecule has 0 saturated heterocycles. The topological polar surface area (TPSA) is 90.0 Å². The van der Waals surface area contributed by atoms with Gasteiger partial charge < -0.3 is 5.73 Å². The van der Waals surface area contributed by atoms with E-state index in [-0.39, 0.29) is 23.5 Å². The fraction of sp³-hybridized carbons (Fsp3) is 0.769. The highest BCUT2D eigenvalue weighted by atomic mass is 35.5. The molecule has 3 N–H and O–H groups in total. The van der Waals surface area contributed by atoms with Gasteiger partial charge in [0.15, 0.2) is 5.03 Å². The molecule has 1 aliphatic carbocycles. The van der Waals surface area contributed by atoms with E-state index in [1.165, 1.54) is 23.4 Å². The van der Waals surface area contributed by atoms with Gasteiger partial charge in [-0.2, -0.15) is 5.10 Å². The molecule has 122 valence electrons. The minimum absolute atomic E-state index is 0. The highest BCUT2D eigenvalue weighted by Crippen LogP contribution is 2.27. The van der Waals surface area contributed by atoms with Crippen molar-refractivity contribution in [3.63, 3.8) is 0 Å². The van der Waals surface area contributed by atoms with Crippen LogP contribution in [0, 0.1) is 5.92 Å². The van der Waals surface area contributed by atoms with Crippen molar-refractivity contribution in [2.45, 2.75) is 56.6 Å². The molecule has 1 heterocycles. The van der Waals surface area contributed by atoms with Crippen molar-refractivity contribution in [2.24, 2.45) is 11.7 Å². The Balaban J connectivity index is 0.00000220. The Bertz CT molecular complexity index is 526. The molecule has 0 bridgehead atoms. The lowest BCUT2D eigenvalue weighted by Crippen LogP contribution is -2.46. The molecule has 8 heteroatoms. The standard InChI is InChI=1S/C13H24N4O2S.ClH/c1-2-17-13(8-9-15-17)20(18,19)16-12(10-14)11-6-4-3-5-7-11;/h8-9,11-12,16H,2-7,10,14H2,1H3;1H. The average Bonchev–Trinajstić information content (AvgIpc) is 2.95. The lowest BCUT2D eigenvalue weighted by atomic mass is 9.84. The van der Waals surface area contributed by atoms with Gasteiger partial charge in [-0.05, 0) is 31.7 Å². The molecule has 0 aliphatic heterocycles. The van der Waals surface area contributed by atoms with Gasteiger partial charge in [0.25, 0.3) is 10.0 Å². The van der Waals surface area contributed by atoms with Crippen molar-refractivity contribution < 1.29 is 8.42 Å². The fourth-order valence-electron chi connectivity index (χ4n) is 2.92. The third-order valence-electron chi connectivity index (χ3n) is 4.03. The quantitative estimate of drug-likeness (QED) is 0.824. The van der Waals surface area contributed by atoms with Gasteiger partial charge in [-0.3, -0.25) is 4.68 Å². The Hall–Kier alpha value is -0.630. The smallest absolute Gasteiger partial charge is 0.258 e. The number of nitrogens with two attached hydrogens (primary N) is 1. The zero-order chi connectivity index (χ0) is 14.6. The predicted molar refractivity (Wildman–Crippen MR) is 84.9 cm³/mol. The summed E-state index contributed by atoms with van der Waals surface area (Å²) in [5, 5.41) is 4.23. The number of halogens is 1. The number of hydrogen-bond acceptors (Lipinski definition) is 4. The second kappa shape index (κ2) is 8.12. The van der Waals surface area contributed by atoms with Crippen LogP contribution in [0.1, 0.15) is 39.0 Å². The van der Waals surface area contributed by atoms with E-state index in [1.807, 2.05) is 6.92 Å². The van der Waals surface area contributed by atoms with E-state index in [0.29, 0.717) is 19.0 Å². The maximum atomic E-state index is 12.5. The average molecular weight is 337 g/mol. The molecule has 6 nitrogen and oxygen atoms in total. The van der Waals surface area contributed by atoms with Gasteiger partial charge in [-0.25, -0.2) is 13.1 Å². The molecule has 0 spiro atoms. The third-order valence-corrected chi connectivity index (χ3v) is 5.54. The first-order valence-electron chi connectivity index (χ1n) is 7.32. The summed E-state index contributed by atoms with van der Waals surface area (Å²) in [4.78, 5) is 0. The fourth-order valence-corrected chi connectivity index (χ4v) is 4.42. The highest BCUT2D eigenvalue weighted by molar-refractivity contribution is 7.89. The van der Waals surface area contributed by atoms with Crippen molar-refractivity contribution in [3.05, 3.63) is 12.3 Å². The summed E-state index contributed by atoms with van der Waals surface area (Å²) in [7, 11) is -3.55. The monoisotopic (exact) mass is 336 g/mol. The van der Waals surface area contributed by atoms with Gasteiger partial charge >= 0.3 is 0 Å². The number of nitrogens with one attached hydrogen (secondary N) is 1. The predicted octanol–water partition coefficient (Wildman–Crippen LogP) is 1.51. The maximum absolute atomic E-state index is 12.5. The molecular formula is C13H25ClN4O2S. The van der Waals surface area contributed by atoms with Crippen LogP contribution in [0.3, 0.4) is 0 Å². The maximum Gasteiger partial charge on any atom is 0.258 e. The van der Waals surface area contributed by atoms with Crippen molar-refractivity contribution in [1.29, 1.82) is 0 Å². The summed E-state index contributed by atoms with van der Waals surface area (Å²) in [6.07, 6.45) is 7.18. The minimum Gasteiger partial charge on any atom is -0.329 e. The van der Waals surface area contributed by atoms with Crippen LogP contribution < -0.4 is 10.5 Å². The van der Waals surface area contributed by atoms with Gasteiger partial charge in [0.2, 0.25) is 0 Å². The first kappa shape index (κ1) is 18.4. The largest absolute Gasteiger partial charge is 0.329 e. The number of aromatic nitrogens is 2. The zero-order valence-corrected chi connectivity index (χ0v) is 14.0. The lowest BCUT2D eigenvalue weighted by Gasteiger charge is -2.29. The Morgan fingerprint density at radius 3 is 2.67 bits per heavy atom. The molecule has 1 aromatic heterocycles. The van der Waals surface area contributed by atoms with E-state index in [9.17, 15) is 8.42 Å². The summed E-state index contributed by atoms with van der Waals surface area (Å²) in [6, 6.07) is 1.35. The molecule has 1 unspecified atom stereocenters. The van der Waals surface area contributed by atoms with Crippen molar-refractivity contribution in [2.75, 3.05) is 6.54 Å². The van der Waals surface area contributed by atoms with Gasteiger partial charge in [-0.1, -0.05) is 19.3 Å². The van der Waals surface area contributed by atoms with Crippen LogP contribution in [-0.4, -0.2) is 30.8 Å². The summed E-state index contributed by atoms with van der Waals surface area (Å²) in [5.74, 6) is 0.349. The van der Waals surface area contributed by atoms with Crippen LogP contribution in [0.15, 0.2) is 17.3 Å². The van der Waals surface area contributed by atoms with Crippen LogP contribution in [0.25, 0.3) is 0 Å². The molecule has 1 aromatic rings. The van der Waals surface area contributed by atoms with Crippen molar-refractivity contribution in [1.82, 2.24) is 14.5 Å². The van der Waals surface area contributed by atoms with E-state index < -0.39 is 10.0 Å². The van der Waals surface area contributed by atoms with E-state index in [4.69, 9.17) is 5.73 Å². The summed E-state index contributed by atoms with van der Waals surface area (Å²) in [6.45, 7) is 2.73. The lowest BCUT2D eigenvalue weighted by molar-refractivity contribution is 0.293. The number of sulfonamides is 1. The van der Waals surface area contributed by atoms with Crippen molar-refractivity contribution in [3.8, 4) is 0 Å². The van der Waals surface area contributed by atoms with Crippen molar-refractivity contribution >= 4 is 22.4 Å².